The number of amides is 3. The first kappa shape index (κ1) is 17.1. The van der Waals surface area contributed by atoms with Crippen LogP contribution in [0.15, 0.2) is 24.3 Å². The van der Waals surface area contributed by atoms with Gasteiger partial charge >= 0.3 is 6.03 Å². The molecule has 6 nitrogen and oxygen atoms in total. The van der Waals surface area contributed by atoms with Crippen LogP contribution in [0, 0.1) is 0 Å². The van der Waals surface area contributed by atoms with Crippen LogP contribution >= 0.6 is 0 Å². The van der Waals surface area contributed by atoms with Gasteiger partial charge in [-0.25, -0.2) is 4.79 Å². The van der Waals surface area contributed by atoms with Crippen LogP contribution < -0.4 is 20.7 Å². The van der Waals surface area contributed by atoms with Gasteiger partial charge in [0.05, 0.1) is 12.6 Å². The highest BCUT2D eigenvalue weighted by Gasteiger charge is 2.22. The number of hydrogen-bond acceptors (Lipinski definition) is 3. The molecule has 1 heterocycles. The summed E-state index contributed by atoms with van der Waals surface area (Å²) < 4.78 is 5.57. The molecule has 126 valence electrons. The van der Waals surface area contributed by atoms with Crippen molar-refractivity contribution >= 4 is 11.9 Å². The fourth-order valence-electron chi connectivity index (χ4n) is 2.44. The van der Waals surface area contributed by atoms with E-state index in [-0.39, 0.29) is 30.4 Å². The first-order chi connectivity index (χ1) is 11.1. The van der Waals surface area contributed by atoms with E-state index in [0.717, 1.165) is 24.2 Å². The van der Waals surface area contributed by atoms with Gasteiger partial charge in [-0.1, -0.05) is 25.1 Å². The zero-order valence-electron chi connectivity index (χ0n) is 13.7. The summed E-state index contributed by atoms with van der Waals surface area (Å²) >= 11 is 0. The number of carbonyl (C=O) groups excluding carboxylic acids is 2. The van der Waals surface area contributed by atoms with E-state index in [0.29, 0.717) is 13.2 Å². The van der Waals surface area contributed by atoms with Gasteiger partial charge in [0, 0.05) is 31.0 Å². The lowest BCUT2D eigenvalue weighted by atomic mass is 10.0. The number of benzene rings is 1. The minimum Gasteiger partial charge on any atom is -0.493 e. The van der Waals surface area contributed by atoms with Crippen molar-refractivity contribution in [1.82, 2.24) is 16.0 Å². The Labute approximate surface area is 137 Å². The highest BCUT2D eigenvalue weighted by molar-refractivity contribution is 5.78. The molecule has 0 fully saturated rings. The standard InChI is InChI=1S/C17H25N3O3/c1-3-12(2)19-16(21)8-10-18-17(22)20-14-9-11-23-15-7-5-4-6-13(14)15/h4-7,12,14H,3,8-11H2,1-2H3,(H,19,21)(H2,18,20,22). The van der Waals surface area contributed by atoms with E-state index in [4.69, 9.17) is 4.74 Å². The Morgan fingerprint density at radius 2 is 2.13 bits per heavy atom. The molecular weight excluding hydrogens is 294 g/mol. The predicted octanol–water partition coefficient (Wildman–Crippen LogP) is 2.11. The molecule has 1 aliphatic rings. The zero-order valence-corrected chi connectivity index (χ0v) is 13.7. The number of urea groups is 1. The van der Waals surface area contributed by atoms with E-state index in [2.05, 4.69) is 16.0 Å². The molecule has 2 atom stereocenters. The molecule has 1 aliphatic heterocycles. The van der Waals surface area contributed by atoms with Crippen LogP contribution in [0.3, 0.4) is 0 Å². The highest BCUT2D eigenvalue weighted by Crippen LogP contribution is 2.31. The van der Waals surface area contributed by atoms with Gasteiger partial charge in [-0.2, -0.15) is 0 Å². The Kier molecular flexibility index (Phi) is 6.26. The predicted molar refractivity (Wildman–Crippen MR) is 88.3 cm³/mol. The van der Waals surface area contributed by atoms with E-state index in [1.807, 2.05) is 38.1 Å². The summed E-state index contributed by atoms with van der Waals surface area (Å²) in [7, 11) is 0. The average Bonchev–Trinajstić information content (AvgIpc) is 2.55. The molecule has 6 heteroatoms. The molecule has 2 unspecified atom stereocenters. The maximum atomic E-state index is 12.0. The first-order valence-electron chi connectivity index (χ1n) is 8.15. The first-order valence-corrected chi connectivity index (χ1v) is 8.15. The number of fused-ring (bicyclic) bond motifs is 1. The Morgan fingerprint density at radius 3 is 2.91 bits per heavy atom. The van der Waals surface area contributed by atoms with Gasteiger partial charge in [-0.3, -0.25) is 4.79 Å². The molecule has 23 heavy (non-hydrogen) atoms. The number of carbonyl (C=O) groups is 2. The second kappa shape index (κ2) is 8.41. The smallest absolute Gasteiger partial charge is 0.315 e. The fourth-order valence-corrected chi connectivity index (χ4v) is 2.44. The third-order valence-corrected chi connectivity index (χ3v) is 3.92. The molecule has 0 saturated heterocycles. The van der Waals surface area contributed by atoms with Gasteiger partial charge < -0.3 is 20.7 Å². The number of ether oxygens (including phenoxy) is 1. The van der Waals surface area contributed by atoms with Gasteiger partial charge in [0.15, 0.2) is 0 Å². The topological polar surface area (TPSA) is 79.5 Å². The molecule has 0 bridgehead atoms. The second-order valence-electron chi connectivity index (χ2n) is 5.75. The average molecular weight is 319 g/mol. The summed E-state index contributed by atoms with van der Waals surface area (Å²) in [6.07, 6.45) is 1.91. The van der Waals surface area contributed by atoms with Crippen LogP contribution in [0.2, 0.25) is 0 Å². The third kappa shape index (κ3) is 5.16. The lowest BCUT2D eigenvalue weighted by Crippen LogP contribution is -2.41. The van der Waals surface area contributed by atoms with E-state index in [1.54, 1.807) is 0 Å². The molecule has 3 amide bonds. The maximum absolute atomic E-state index is 12.0. The molecule has 0 aliphatic carbocycles. The summed E-state index contributed by atoms with van der Waals surface area (Å²) in [5.74, 6) is 0.771. The Balaban J connectivity index is 1.75. The van der Waals surface area contributed by atoms with Gasteiger partial charge in [0.2, 0.25) is 5.91 Å². The SMILES string of the molecule is CCC(C)NC(=O)CCNC(=O)NC1CCOc2ccccc21. The zero-order chi connectivity index (χ0) is 16.7. The lowest BCUT2D eigenvalue weighted by Gasteiger charge is -2.26. The van der Waals surface area contributed by atoms with Crippen molar-refractivity contribution in [3.8, 4) is 5.75 Å². The van der Waals surface area contributed by atoms with Crippen molar-refractivity contribution in [2.75, 3.05) is 13.2 Å². The number of hydrogen-bond donors (Lipinski definition) is 3. The van der Waals surface area contributed by atoms with Crippen LogP contribution in [-0.4, -0.2) is 31.1 Å². The van der Waals surface area contributed by atoms with Crippen LogP contribution in [0.1, 0.15) is 44.7 Å². The largest absolute Gasteiger partial charge is 0.493 e. The lowest BCUT2D eigenvalue weighted by molar-refractivity contribution is -0.121. The molecule has 3 N–H and O–H groups in total. The van der Waals surface area contributed by atoms with Crippen LogP contribution in [0.5, 0.6) is 5.75 Å². The summed E-state index contributed by atoms with van der Waals surface area (Å²) in [5, 5.41) is 8.54. The van der Waals surface area contributed by atoms with Crippen molar-refractivity contribution < 1.29 is 14.3 Å². The number of nitrogens with one attached hydrogen (secondary N) is 3. The molecule has 1 aromatic rings. The normalized spacial score (nSPS) is 17.4. The minimum atomic E-state index is -0.261. The Hall–Kier alpha value is -2.24. The molecule has 0 spiro atoms. The summed E-state index contributed by atoms with van der Waals surface area (Å²) in [4.78, 5) is 23.6. The molecular formula is C17H25N3O3. The van der Waals surface area contributed by atoms with E-state index >= 15 is 0 Å². The van der Waals surface area contributed by atoms with E-state index in [1.165, 1.54) is 0 Å². The van der Waals surface area contributed by atoms with Crippen molar-refractivity contribution in [2.24, 2.45) is 0 Å². The third-order valence-electron chi connectivity index (χ3n) is 3.92. The Bertz CT molecular complexity index is 548. The van der Waals surface area contributed by atoms with E-state index in [9.17, 15) is 9.59 Å². The monoisotopic (exact) mass is 319 g/mol. The van der Waals surface area contributed by atoms with Crippen LogP contribution in [-0.2, 0) is 4.79 Å². The molecule has 0 saturated carbocycles. The van der Waals surface area contributed by atoms with Crippen molar-refractivity contribution in [3.05, 3.63) is 29.8 Å². The van der Waals surface area contributed by atoms with Crippen LogP contribution in [0.4, 0.5) is 4.79 Å². The Morgan fingerprint density at radius 1 is 1.35 bits per heavy atom. The van der Waals surface area contributed by atoms with Crippen molar-refractivity contribution in [1.29, 1.82) is 0 Å². The van der Waals surface area contributed by atoms with Gasteiger partial charge in [-0.15, -0.1) is 0 Å². The molecule has 2 rings (SSSR count). The van der Waals surface area contributed by atoms with Crippen molar-refractivity contribution in [3.63, 3.8) is 0 Å². The fraction of sp³-hybridized carbons (Fsp3) is 0.529. The van der Waals surface area contributed by atoms with Gasteiger partial charge in [0.1, 0.15) is 5.75 Å². The minimum absolute atomic E-state index is 0.0453. The van der Waals surface area contributed by atoms with E-state index < -0.39 is 0 Å². The molecule has 0 radical (unpaired) electrons. The maximum Gasteiger partial charge on any atom is 0.315 e. The van der Waals surface area contributed by atoms with Gasteiger partial charge in [-0.05, 0) is 19.4 Å². The highest BCUT2D eigenvalue weighted by atomic mass is 16.5. The van der Waals surface area contributed by atoms with Crippen LogP contribution in [0.25, 0.3) is 0 Å². The summed E-state index contributed by atoms with van der Waals surface area (Å²) in [5.41, 5.74) is 0.989. The number of rotatable bonds is 6. The quantitative estimate of drug-likeness (QED) is 0.751. The second-order valence-corrected chi connectivity index (χ2v) is 5.75. The summed E-state index contributed by atoms with van der Waals surface area (Å²) in [6, 6.07) is 7.54. The number of para-hydroxylation sites is 1. The van der Waals surface area contributed by atoms with Gasteiger partial charge in [0.25, 0.3) is 0 Å². The summed E-state index contributed by atoms with van der Waals surface area (Å²) in [6.45, 7) is 4.88. The molecule has 0 aromatic heterocycles. The molecule has 1 aromatic carbocycles. The van der Waals surface area contributed by atoms with Crippen molar-refractivity contribution in [2.45, 2.75) is 45.2 Å².